The molecule has 2 aromatic rings. The van der Waals surface area contributed by atoms with Crippen LogP contribution < -0.4 is 4.74 Å². The molecule has 0 radical (unpaired) electrons. The van der Waals surface area contributed by atoms with Gasteiger partial charge in [0.2, 0.25) is 0 Å². The minimum atomic E-state index is -1.03. The average molecular weight is 325 g/mol. The van der Waals surface area contributed by atoms with Gasteiger partial charge in [0, 0.05) is 12.6 Å². The summed E-state index contributed by atoms with van der Waals surface area (Å²) in [6.45, 7) is 1.96. The smallest absolute Gasteiger partial charge is 0.355 e. The van der Waals surface area contributed by atoms with Crippen molar-refractivity contribution in [1.82, 2.24) is 9.78 Å². The lowest BCUT2D eigenvalue weighted by molar-refractivity contribution is 0.0684. The Kier molecular flexibility index (Phi) is 3.61. The predicted molar refractivity (Wildman–Crippen MR) is 74.6 cm³/mol. The van der Waals surface area contributed by atoms with Gasteiger partial charge in [0.15, 0.2) is 5.69 Å². The Bertz CT molecular complexity index is 650. The summed E-state index contributed by atoms with van der Waals surface area (Å²) in [6, 6.07) is 5.68. The van der Waals surface area contributed by atoms with Crippen molar-refractivity contribution in [3.05, 3.63) is 33.9 Å². The van der Waals surface area contributed by atoms with Gasteiger partial charge in [0.25, 0.3) is 0 Å². The molecule has 1 heterocycles. The van der Waals surface area contributed by atoms with Gasteiger partial charge in [-0.3, -0.25) is 4.68 Å². The normalized spacial score (nSPS) is 10.5. The lowest BCUT2D eigenvalue weighted by Gasteiger charge is -2.07. The van der Waals surface area contributed by atoms with Crippen molar-refractivity contribution in [2.45, 2.75) is 6.92 Å². The summed E-state index contributed by atoms with van der Waals surface area (Å²) in [7, 11) is 3.17. The molecule has 19 heavy (non-hydrogen) atoms. The highest BCUT2D eigenvalue weighted by atomic mass is 79.9. The van der Waals surface area contributed by atoms with E-state index in [9.17, 15) is 4.79 Å². The Balaban J connectivity index is 2.69. The SMILES string of the molecule is COc1ccc(C)cc1-c1nn(C)c(C(=O)O)c1Br. The topological polar surface area (TPSA) is 64.4 Å². The summed E-state index contributed by atoms with van der Waals surface area (Å²) in [4.78, 5) is 11.2. The molecule has 5 nitrogen and oxygen atoms in total. The zero-order chi connectivity index (χ0) is 14.2. The minimum Gasteiger partial charge on any atom is -0.496 e. The van der Waals surface area contributed by atoms with Crippen molar-refractivity contribution in [2.75, 3.05) is 7.11 Å². The van der Waals surface area contributed by atoms with Gasteiger partial charge in [-0.25, -0.2) is 4.79 Å². The Labute approximate surface area is 118 Å². The van der Waals surface area contributed by atoms with Crippen LogP contribution in [0, 0.1) is 6.92 Å². The number of carboxylic acid groups (broad SMARTS) is 1. The number of benzene rings is 1. The number of nitrogens with zero attached hydrogens (tertiary/aromatic N) is 2. The van der Waals surface area contributed by atoms with Gasteiger partial charge >= 0.3 is 5.97 Å². The van der Waals surface area contributed by atoms with Crippen molar-refractivity contribution in [1.29, 1.82) is 0 Å². The molecule has 0 bridgehead atoms. The molecule has 0 aliphatic carbocycles. The largest absolute Gasteiger partial charge is 0.496 e. The zero-order valence-electron chi connectivity index (χ0n) is 10.8. The van der Waals surface area contributed by atoms with Crippen LogP contribution in [0.4, 0.5) is 0 Å². The second-order valence-electron chi connectivity index (χ2n) is 4.14. The molecule has 0 aliphatic rings. The van der Waals surface area contributed by atoms with Crippen LogP contribution in [-0.2, 0) is 7.05 Å². The second kappa shape index (κ2) is 5.05. The predicted octanol–water partition coefficient (Wildman–Crippen LogP) is 2.86. The van der Waals surface area contributed by atoms with E-state index in [2.05, 4.69) is 21.0 Å². The number of aryl methyl sites for hydroxylation is 2. The molecule has 0 spiro atoms. The lowest BCUT2D eigenvalue weighted by Crippen LogP contribution is -2.05. The summed E-state index contributed by atoms with van der Waals surface area (Å²) in [5, 5.41) is 13.4. The van der Waals surface area contributed by atoms with E-state index in [1.807, 2.05) is 25.1 Å². The fourth-order valence-corrected chi connectivity index (χ4v) is 2.63. The van der Waals surface area contributed by atoms with Gasteiger partial charge in [-0.15, -0.1) is 0 Å². The van der Waals surface area contributed by atoms with E-state index in [0.29, 0.717) is 15.9 Å². The van der Waals surface area contributed by atoms with E-state index in [0.717, 1.165) is 11.1 Å². The molecular weight excluding hydrogens is 312 g/mol. The van der Waals surface area contributed by atoms with E-state index < -0.39 is 5.97 Å². The first kappa shape index (κ1) is 13.6. The van der Waals surface area contributed by atoms with Gasteiger partial charge in [-0.1, -0.05) is 11.6 Å². The molecule has 0 fully saturated rings. The molecule has 100 valence electrons. The average Bonchev–Trinajstić information content (AvgIpc) is 2.64. The Morgan fingerprint density at radius 1 is 1.47 bits per heavy atom. The summed E-state index contributed by atoms with van der Waals surface area (Å²) in [5.74, 6) is -0.374. The first-order chi connectivity index (χ1) is 8.95. The van der Waals surface area contributed by atoms with Crippen LogP contribution in [0.5, 0.6) is 5.75 Å². The van der Waals surface area contributed by atoms with E-state index >= 15 is 0 Å². The fourth-order valence-electron chi connectivity index (χ4n) is 1.91. The number of carboxylic acids is 1. The maximum Gasteiger partial charge on any atom is 0.355 e. The second-order valence-corrected chi connectivity index (χ2v) is 4.94. The highest BCUT2D eigenvalue weighted by Gasteiger charge is 2.22. The van der Waals surface area contributed by atoms with Gasteiger partial charge in [-0.2, -0.15) is 5.10 Å². The molecule has 0 saturated heterocycles. The van der Waals surface area contributed by atoms with E-state index in [1.54, 1.807) is 14.2 Å². The number of hydrogen-bond donors (Lipinski definition) is 1. The molecule has 1 N–H and O–H groups in total. The van der Waals surface area contributed by atoms with Crippen LogP contribution in [0.2, 0.25) is 0 Å². The molecule has 6 heteroatoms. The van der Waals surface area contributed by atoms with Crippen LogP contribution in [0.25, 0.3) is 11.3 Å². The highest BCUT2D eigenvalue weighted by molar-refractivity contribution is 9.10. The van der Waals surface area contributed by atoms with Gasteiger partial charge < -0.3 is 9.84 Å². The number of hydrogen-bond acceptors (Lipinski definition) is 3. The monoisotopic (exact) mass is 324 g/mol. The number of methoxy groups -OCH3 is 1. The number of ether oxygens (including phenoxy) is 1. The van der Waals surface area contributed by atoms with Crippen LogP contribution >= 0.6 is 15.9 Å². The van der Waals surface area contributed by atoms with Crippen molar-refractivity contribution < 1.29 is 14.6 Å². The zero-order valence-corrected chi connectivity index (χ0v) is 12.4. The quantitative estimate of drug-likeness (QED) is 0.942. The summed E-state index contributed by atoms with van der Waals surface area (Å²) in [6.07, 6.45) is 0. The molecule has 1 aromatic heterocycles. The van der Waals surface area contributed by atoms with Gasteiger partial charge in [0.1, 0.15) is 11.4 Å². The summed E-state index contributed by atoms with van der Waals surface area (Å²) in [5.41, 5.74) is 2.47. The molecule has 0 atom stereocenters. The Morgan fingerprint density at radius 2 is 2.16 bits per heavy atom. The minimum absolute atomic E-state index is 0.110. The van der Waals surface area contributed by atoms with Gasteiger partial charge in [-0.05, 0) is 35.0 Å². The van der Waals surface area contributed by atoms with Crippen LogP contribution in [0.3, 0.4) is 0 Å². The maximum absolute atomic E-state index is 11.2. The number of rotatable bonds is 3. The highest BCUT2D eigenvalue weighted by Crippen LogP contribution is 2.36. The maximum atomic E-state index is 11.2. The van der Waals surface area contributed by atoms with Crippen molar-refractivity contribution in [3.63, 3.8) is 0 Å². The molecule has 0 saturated carbocycles. The molecule has 0 amide bonds. The standard InChI is InChI=1S/C13H13BrN2O3/c1-7-4-5-9(19-3)8(6-7)11-10(14)12(13(17)18)16(2)15-11/h4-6H,1-3H3,(H,17,18). The Hall–Kier alpha value is -1.82. The fraction of sp³-hybridized carbons (Fsp3) is 0.231. The van der Waals surface area contributed by atoms with Crippen molar-refractivity contribution >= 4 is 21.9 Å². The number of aromatic nitrogens is 2. The Morgan fingerprint density at radius 3 is 2.68 bits per heavy atom. The van der Waals surface area contributed by atoms with Gasteiger partial charge in [0.05, 0.1) is 11.6 Å². The van der Waals surface area contributed by atoms with Crippen molar-refractivity contribution in [2.24, 2.45) is 7.05 Å². The number of carbonyl (C=O) groups is 1. The first-order valence-electron chi connectivity index (χ1n) is 5.56. The van der Waals surface area contributed by atoms with Crippen molar-refractivity contribution in [3.8, 4) is 17.0 Å². The lowest BCUT2D eigenvalue weighted by atomic mass is 10.1. The molecule has 0 unspecified atom stereocenters. The third-order valence-electron chi connectivity index (χ3n) is 2.80. The van der Waals surface area contributed by atoms with E-state index in [4.69, 9.17) is 9.84 Å². The summed E-state index contributed by atoms with van der Waals surface area (Å²) >= 11 is 3.31. The van der Waals surface area contributed by atoms with E-state index in [1.165, 1.54) is 4.68 Å². The third kappa shape index (κ3) is 2.35. The number of aromatic carboxylic acids is 1. The van der Waals surface area contributed by atoms with Crippen LogP contribution in [0.15, 0.2) is 22.7 Å². The number of halogens is 1. The van der Waals surface area contributed by atoms with Crippen LogP contribution in [0.1, 0.15) is 16.1 Å². The molecule has 1 aromatic carbocycles. The molecule has 2 rings (SSSR count). The third-order valence-corrected chi connectivity index (χ3v) is 3.55. The molecular formula is C13H13BrN2O3. The van der Waals surface area contributed by atoms with E-state index in [-0.39, 0.29) is 5.69 Å². The molecule has 0 aliphatic heterocycles. The van der Waals surface area contributed by atoms with Crippen LogP contribution in [-0.4, -0.2) is 28.0 Å². The summed E-state index contributed by atoms with van der Waals surface area (Å²) < 4.78 is 7.09. The first-order valence-corrected chi connectivity index (χ1v) is 6.35.